The van der Waals surface area contributed by atoms with Crippen molar-refractivity contribution in [3.8, 4) is 5.75 Å². The average Bonchev–Trinajstić information content (AvgIpc) is 3.11. The van der Waals surface area contributed by atoms with Gasteiger partial charge in [0.15, 0.2) is 0 Å². The van der Waals surface area contributed by atoms with E-state index in [1.165, 1.54) is 55.9 Å². The molecule has 0 aliphatic carbocycles. The number of rotatable bonds is 20. The van der Waals surface area contributed by atoms with Gasteiger partial charge >= 0.3 is 0 Å². The van der Waals surface area contributed by atoms with Crippen LogP contribution < -0.4 is 11.1 Å². The molecule has 9 nitrogen and oxygen atoms in total. The third kappa shape index (κ3) is 10.3. The molecule has 0 aromatic heterocycles. The molecule has 4 amide bonds. The van der Waals surface area contributed by atoms with Crippen LogP contribution in [0.3, 0.4) is 0 Å². The van der Waals surface area contributed by atoms with Gasteiger partial charge in [-0.15, -0.1) is 6.58 Å². The number of hydrogen-bond acceptors (Lipinski definition) is 5. The first kappa shape index (κ1) is 37.9. The molecule has 0 fully saturated rings. The molecule has 0 spiro atoms. The zero-order valence-electron chi connectivity index (χ0n) is 29.3. The summed E-state index contributed by atoms with van der Waals surface area (Å²) in [5.74, 6) is -1.94. The van der Waals surface area contributed by atoms with Crippen LogP contribution in [-0.4, -0.2) is 58.2 Å². The molecule has 1 aliphatic heterocycles. The molecule has 0 radical (unpaired) electrons. The third-order valence-electron chi connectivity index (χ3n) is 9.32. The lowest BCUT2D eigenvalue weighted by molar-refractivity contribution is -0.124. The van der Waals surface area contributed by atoms with Crippen molar-refractivity contribution in [1.82, 2.24) is 15.1 Å². The molecule has 3 aromatic carbocycles. The van der Waals surface area contributed by atoms with Crippen molar-refractivity contribution in [2.45, 2.75) is 89.6 Å². The van der Waals surface area contributed by atoms with Crippen LogP contribution in [0.25, 0.3) is 0 Å². The van der Waals surface area contributed by atoms with E-state index in [0.717, 1.165) is 30.4 Å². The van der Waals surface area contributed by atoms with E-state index in [1.807, 2.05) is 12.1 Å². The van der Waals surface area contributed by atoms with Gasteiger partial charge < -0.3 is 26.0 Å². The summed E-state index contributed by atoms with van der Waals surface area (Å²) in [6.45, 7) is 6.56. The fourth-order valence-electron chi connectivity index (χ4n) is 6.72. The molecule has 0 saturated carbocycles. The van der Waals surface area contributed by atoms with Gasteiger partial charge in [-0.25, -0.2) is 0 Å². The van der Waals surface area contributed by atoms with Crippen molar-refractivity contribution in [2.24, 2.45) is 5.73 Å². The molecule has 2 atom stereocenters. The lowest BCUT2D eigenvalue weighted by atomic mass is 9.79. The highest BCUT2D eigenvalue weighted by atomic mass is 16.3. The number of benzene rings is 3. The Hall–Kier alpha value is -4.92. The standard InChI is InChI=1S/C41H52N4O5/c1-3-5-6-7-8-9-10-11-12-15-26-43-39(48)37-34-16-13-14-17-35(34)41(50)45(38(37)31-22-24-33(46)25-23-31)28-30-18-20-32(21-19-30)40(49)44(27-4-2)29-36(42)47/h4,13-14,16-25,37-38,46H,2-3,5-12,15,26-29H2,1H3,(H2,42,47)(H,43,48). The molecule has 1 aliphatic rings. The number of primary amides is 1. The number of fused-ring (bicyclic) bond motifs is 1. The first-order chi connectivity index (χ1) is 24.2. The Balaban J connectivity index is 1.52. The third-order valence-corrected chi connectivity index (χ3v) is 9.32. The Morgan fingerprint density at radius 3 is 2.12 bits per heavy atom. The van der Waals surface area contributed by atoms with Crippen LogP contribution in [0, 0.1) is 0 Å². The maximum atomic E-state index is 14.2. The van der Waals surface area contributed by atoms with Gasteiger partial charge in [-0.3, -0.25) is 19.2 Å². The van der Waals surface area contributed by atoms with Gasteiger partial charge in [0, 0.05) is 30.8 Å². The largest absolute Gasteiger partial charge is 0.508 e. The lowest BCUT2D eigenvalue weighted by Gasteiger charge is -2.42. The molecule has 9 heteroatoms. The Kier molecular flexibility index (Phi) is 14.6. The highest BCUT2D eigenvalue weighted by Crippen LogP contribution is 2.44. The van der Waals surface area contributed by atoms with E-state index in [0.29, 0.717) is 23.2 Å². The molecule has 0 bridgehead atoms. The number of carbonyl (C=O) groups is 4. The van der Waals surface area contributed by atoms with Crippen LogP contribution >= 0.6 is 0 Å². The van der Waals surface area contributed by atoms with Crippen LogP contribution in [0.5, 0.6) is 5.75 Å². The molecule has 1 heterocycles. The topological polar surface area (TPSA) is 133 Å². The second kappa shape index (κ2) is 19.3. The fraction of sp³-hybridized carbons (Fsp3) is 0.415. The lowest BCUT2D eigenvalue weighted by Crippen LogP contribution is -2.47. The number of nitrogens with two attached hydrogens (primary N) is 1. The number of unbranched alkanes of at least 4 members (excludes halogenated alkanes) is 9. The van der Waals surface area contributed by atoms with Crippen molar-refractivity contribution in [3.05, 3.63) is 113 Å². The Bertz CT molecular complexity index is 1590. The minimum atomic E-state index is -0.682. The summed E-state index contributed by atoms with van der Waals surface area (Å²) >= 11 is 0. The highest BCUT2D eigenvalue weighted by Gasteiger charge is 2.44. The molecule has 3 aromatic rings. The van der Waals surface area contributed by atoms with Gasteiger partial charge in [0.25, 0.3) is 11.8 Å². The zero-order valence-corrected chi connectivity index (χ0v) is 29.3. The summed E-state index contributed by atoms with van der Waals surface area (Å²) in [4.78, 5) is 55.9. The second-order valence-corrected chi connectivity index (χ2v) is 13.1. The van der Waals surface area contributed by atoms with Gasteiger partial charge in [0.1, 0.15) is 5.75 Å². The smallest absolute Gasteiger partial charge is 0.255 e. The summed E-state index contributed by atoms with van der Waals surface area (Å²) in [5, 5.41) is 13.3. The molecule has 4 rings (SSSR count). The maximum Gasteiger partial charge on any atom is 0.255 e. The Morgan fingerprint density at radius 1 is 0.880 bits per heavy atom. The summed E-state index contributed by atoms with van der Waals surface area (Å²) in [6.07, 6.45) is 13.6. The SMILES string of the molecule is C=CCN(CC(N)=O)C(=O)c1ccc(CN2C(=O)c3ccccc3C(C(=O)NCCCCCCCCCCCC)C2c2ccc(O)cc2)cc1. The van der Waals surface area contributed by atoms with Crippen molar-refractivity contribution in [2.75, 3.05) is 19.6 Å². The second-order valence-electron chi connectivity index (χ2n) is 13.1. The van der Waals surface area contributed by atoms with Crippen molar-refractivity contribution in [3.63, 3.8) is 0 Å². The number of nitrogens with one attached hydrogen (secondary N) is 1. The summed E-state index contributed by atoms with van der Waals surface area (Å²) < 4.78 is 0. The number of carbonyl (C=O) groups excluding carboxylic acids is 4. The number of nitrogens with zero attached hydrogens (tertiary/aromatic N) is 2. The van der Waals surface area contributed by atoms with Crippen LogP contribution in [0.1, 0.15) is 120 Å². The monoisotopic (exact) mass is 680 g/mol. The van der Waals surface area contributed by atoms with E-state index < -0.39 is 17.9 Å². The summed E-state index contributed by atoms with van der Waals surface area (Å²) in [6, 6.07) is 20.1. The van der Waals surface area contributed by atoms with E-state index in [1.54, 1.807) is 65.6 Å². The van der Waals surface area contributed by atoms with Gasteiger partial charge in [-0.05, 0) is 53.4 Å². The molecular formula is C41H52N4O5. The van der Waals surface area contributed by atoms with Crippen molar-refractivity contribution in [1.29, 1.82) is 0 Å². The normalized spacial score (nSPS) is 15.3. The van der Waals surface area contributed by atoms with Crippen LogP contribution in [0.4, 0.5) is 0 Å². The molecule has 0 saturated heterocycles. The first-order valence-electron chi connectivity index (χ1n) is 18.0. The zero-order chi connectivity index (χ0) is 35.9. The van der Waals surface area contributed by atoms with Gasteiger partial charge in [0.05, 0.1) is 18.5 Å². The van der Waals surface area contributed by atoms with E-state index in [2.05, 4.69) is 18.8 Å². The number of hydrogen-bond donors (Lipinski definition) is 3. The first-order valence-corrected chi connectivity index (χ1v) is 18.0. The van der Waals surface area contributed by atoms with E-state index in [-0.39, 0.29) is 43.1 Å². The molecule has 266 valence electrons. The van der Waals surface area contributed by atoms with E-state index >= 15 is 0 Å². The van der Waals surface area contributed by atoms with Gasteiger partial charge in [-0.1, -0.05) is 113 Å². The number of aromatic hydroxyl groups is 1. The van der Waals surface area contributed by atoms with Crippen molar-refractivity contribution < 1.29 is 24.3 Å². The number of phenolic OH excluding ortho intramolecular Hbond substituents is 1. The van der Waals surface area contributed by atoms with Gasteiger partial charge in [-0.2, -0.15) is 0 Å². The Labute approximate surface area is 296 Å². The minimum Gasteiger partial charge on any atom is -0.508 e. The summed E-state index contributed by atoms with van der Waals surface area (Å²) in [5.41, 5.74) is 8.33. The van der Waals surface area contributed by atoms with E-state index in [4.69, 9.17) is 5.73 Å². The molecular weight excluding hydrogens is 628 g/mol. The maximum absolute atomic E-state index is 14.2. The quantitative estimate of drug-likeness (QED) is 0.0871. The van der Waals surface area contributed by atoms with Crippen molar-refractivity contribution >= 4 is 23.6 Å². The van der Waals surface area contributed by atoms with Crippen LogP contribution in [-0.2, 0) is 16.1 Å². The van der Waals surface area contributed by atoms with Gasteiger partial charge in [0.2, 0.25) is 11.8 Å². The number of amides is 4. The Morgan fingerprint density at radius 2 is 1.50 bits per heavy atom. The predicted molar refractivity (Wildman–Crippen MR) is 196 cm³/mol. The minimum absolute atomic E-state index is 0.0897. The number of phenols is 1. The average molecular weight is 681 g/mol. The van der Waals surface area contributed by atoms with Crippen LogP contribution in [0.15, 0.2) is 85.5 Å². The summed E-state index contributed by atoms with van der Waals surface area (Å²) in [7, 11) is 0. The molecule has 50 heavy (non-hydrogen) atoms. The van der Waals surface area contributed by atoms with E-state index in [9.17, 15) is 24.3 Å². The predicted octanol–water partition coefficient (Wildman–Crippen LogP) is 7.02. The molecule has 4 N–H and O–H groups in total. The highest BCUT2D eigenvalue weighted by molar-refractivity contribution is 6.01. The molecule has 2 unspecified atom stereocenters. The fourth-order valence-corrected chi connectivity index (χ4v) is 6.72. The van der Waals surface area contributed by atoms with Crippen LogP contribution in [0.2, 0.25) is 0 Å².